The predicted octanol–water partition coefficient (Wildman–Crippen LogP) is 3.39. The molecule has 0 spiro atoms. The summed E-state index contributed by atoms with van der Waals surface area (Å²) in [5.74, 6) is -0.736. The lowest BCUT2D eigenvalue weighted by molar-refractivity contribution is 0.0957. The number of amides is 2. The monoisotopic (exact) mass is 449 g/mol. The molecule has 0 aliphatic heterocycles. The highest BCUT2D eigenvalue weighted by Crippen LogP contribution is 2.30. The van der Waals surface area contributed by atoms with Gasteiger partial charge in [0.05, 0.1) is 11.8 Å². The molecule has 2 amide bonds. The zero-order valence-electron chi connectivity index (χ0n) is 18.4. The van der Waals surface area contributed by atoms with Gasteiger partial charge in [0.15, 0.2) is 5.69 Å². The molecule has 166 valence electrons. The zero-order valence-corrected chi connectivity index (χ0v) is 18.4. The fraction of sp³-hybridized carbons (Fsp3) is 0.0800. The van der Waals surface area contributed by atoms with Gasteiger partial charge in [-0.25, -0.2) is 0 Å². The number of hydrogen-bond donors (Lipinski definition) is 2. The maximum Gasteiger partial charge on any atom is 0.276 e. The summed E-state index contributed by atoms with van der Waals surface area (Å²) in [5.41, 5.74) is 5.52. The van der Waals surface area contributed by atoms with Crippen LogP contribution < -0.4 is 10.6 Å². The summed E-state index contributed by atoms with van der Waals surface area (Å²) in [4.78, 5) is 33.0. The van der Waals surface area contributed by atoms with Gasteiger partial charge in [-0.2, -0.15) is 10.4 Å². The Morgan fingerprint density at radius 2 is 1.74 bits per heavy atom. The largest absolute Gasteiger partial charge is 0.354 e. The van der Waals surface area contributed by atoms with Crippen LogP contribution in [0.25, 0.3) is 22.3 Å². The molecule has 0 aliphatic carbocycles. The first-order chi connectivity index (χ1) is 16.5. The maximum absolute atomic E-state index is 12.6. The third-order valence-corrected chi connectivity index (χ3v) is 5.11. The SMILES string of the molecule is CNC(=O)c1cc(-c2cncc(-c3cc(NC(=O)c4cc(C#N)cnn4)ccc3C)c2)ccn1. The van der Waals surface area contributed by atoms with Gasteiger partial charge >= 0.3 is 0 Å². The van der Waals surface area contributed by atoms with E-state index in [4.69, 9.17) is 5.26 Å². The molecule has 3 aromatic heterocycles. The Hall–Kier alpha value is -4.97. The number of rotatable bonds is 5. The van der Waals surface area contributed by atoms with Gasteiger partial charge in [-0.1, -0.05) is 6.07 Å². The van der Waals surface area contributed by atoms with Crippen LogP contribution in [-0.4, -0.2) is 39.0 Å². The van der Waals surface area contributed by atoms with Crippen LogP contribution in [0.2, 0.25) is 0 Å². The topological polar surface area (TPSA) is 134 Å². The van der Waals surface area contributed by atoms with Crippen molar-refractivity contribution in [1.82, 2.24) is 25.5 Å². The van der Waals surface area contributed by atoms with Gasteiger partial charge in [-0.3, -0.25) is 19.6 Å². The lowest BCUT2D eigenvalue weighted by Crippen LogP contribution is -2.19. The first kappa shape index (κ1) is 22.2. The van der Waals surface area contributed by atoms with Crippen molar-refractivity contribution in [3.8, 4) is 28.3 Å². The number of aryl methyl sites for hydroxylation is 1. The summed E-state index contributed by atoms with van der Waals surface area (Å²) in [6, 6.07) is 14.3. The van der Waals surface area contributed by atoms with E-state index in [0.29, 0.717) is 11.4 Å². The highest BCUT2D eigenvalue weighted by atomic mass is 16.2. The van der Waals surface area contributed by atoms with Crippen molar-refractivity contribution in [3.05, 3.63) is 89.8 Å². The average Bonchev–Trinajstić information content (AvgIpc) is 2.89. The number of carbonyl (C=O) groups is 2. The van der Waals surface area contributed by atoms with E-state index in [2.05, 4.69) is 30.8 Å². The van der Waals surface area contributed by atoms with Crippen molar-refractivity contribution in [2.45, 2.75) is 6.92 Å². The van der Waals surface area contributed by atoms with Crippen molar-refractivity contribution in [3.63, 3.8) is 0 Å². The molecular weight excluding hydrogens is 430 g/mol. The number of aromatic nitrogens is 4. The summed E-state index contributed by atoms with van der Waals surface area (Å²) in [6.07, 6.45) is 6.33. The molecule has 9 heteroatoms. The lowest BCUT2D eigenvalue weighted by Gasteiger charge is -2.12. The first-order valence-electron chi connectivity index (χ1n) is 10.3. The molecule has 2 N–H and O–H groups in total. The van der Waals surface area contributed by atoms with Gasteiger partial charge in [-0.05, 0) is 60.0 Å². The molecule has 0 unspecified atom stereocenters. The average molecular weight is 449 g/mol. The Morgan fingerprint density at radius 3 is 2.53 bits per heavy atom. The second kappa shape index (κ2) is 9.67. The molecule has 4 rings (SSSR count). The van der Waals surface area contributed by atoms with Crippen LogP contribution in [0.1, 0.15) is 32.1 Å². The van der Waals surface area contributed by atoms with Crippen molar-refractivity contribution < 1.29 is 9.59 Å². The lowest BCUT2D eigenvalue weighted by atomic mass is 9.98. The highest BCUT2D eigenvalue weighted by molar-refractivity contribution is 6.03. The van der Waals surface area contributed by atoms with Crippen LogP contribution in [0, 0.1) is 18.3 Å². The summed E-state index contributed by atoms with van der Waals surface area (Å²) < 4.78 is 0. The van der Waals surface area contributed by atoms with E-state index in [0.717, 1.165) is 27.8 Å². The van der Waals surface area contributed by atoms with Crippen LogP contribution in [0.5, 0.6) is 0 Å². The number of nitriles is 1. The number of pyridine rings is 2. The van der Waals surface area contributed by atoms with Crippen LogP contribution in [0.15, 0.2) is 67.3 Å². The van der Waals surface area contributed by atoms with Gasteiger partial charge in [-0.15, -0.1) is 5.10 Å². The van der Waals surface area contributed by atoms with Gasteiger partial charge < -0.3 is 10.6 Å². The third kappa shape index (κ3) is 4.76. The molecule has 34 heavy (non-hydrogen) atoms. The Kier molecular flexibility index (Phi) is 6.32. The Labute approximate surface area is 195 Å². The van der Waals surface area contributed by atoms with Crippen molar-refractivity contribution in [1.29, 1.82) is 5.26 Å². The Morgan fingerprint density at radius 1 is 0.912 bits per heavy atom. The minimum absolute atomic E-state index is 0.0504. The van der Waals surface area contributed by atoms with E-state index in [-0.39, 0.29) is 17.2 Å². The second-order valence-corrected chi connectivity index (χ2v) is 7.40. The standard InChI is InChI=1S/C25H19N7O2/c1-15-3-4-20(31-25(34)23-7-16(11-26)12-30-32-23)10-21(15)19-8-18(13-28-14-19)17-5-6-29-22(9-17)24(33)27-2/h3-10,12-14H,1-2H3,(H,27,33)(H,31,34). The fourth-order valence-corrected chi connectivity index (χ4v) is 3.35. The van der Waals surface area contributed by atoms with E-state index in [9.17, 15) is 9.59 Å². The molecule has 0 saturated heterocycles. The second-order valence-electron chi connectivity index (χ2n) is 7.40. The van der Waals surface area contributed by atoms with E-state index < -0.39 is 5.91 Å². The quantitative estimate of drug-likeness (QED) is 0.477. The summed E-state index contributed by atoms with van der Waals surface area (Å²) >= 11 is 0. The smallest absolute Gasteiger partial charge is 0.276 e. The van der Waals surface area contributed by atoms with Gasteiger partial charge in [0.1, 0.15) is 11.8 Å². The molecule has 0 atom stereocenters. The van der Waals surface area contributed by atoms with Crippen LogP contribution in [-0.2, 0) is 0 Å². The van der Waals surface area contributed by atoms with E-state index in [1.165, 1.54) is 12.3 Å². The summed E-state index contributed by atoms with van der Waals surface area (Å²) in [5, 5.41) is 21.9. The van der Waals surface area contributed by atoms with Gasteiger partial charge in [0.2, 0.25) is 0 Å². The Balaban J connectivity index is 1.64. The molecular formula is C25H19N7O2. The molecule has 0 fully saturated rings. The number of hydrogen-bond acceptors (Lipinski definition) is 7. The number of nitrogens with zero attached hydrogens (tertiary/aromatic N) is 5. The van der Waals surface area contributed by atoms with E-state index >= 15 is 0 Å². The zero-order chi connectivity index (χ0) is 24.1. The third-order valence-electron chi connectivity index (χ3n) is 5.11. The van der Waals surface area contributed by atoms with E-state index in [1.807, 2.05) is 37.3 Å². The Bertz CT molecular complexity index is 1440. The number of carbonyl (C=O) groups excluding carboxylic acids is 2. The van der Waals surface area contributed by atoms with Crippen LogP contribution in [0.3, 0.4) is 0 Å². The number of anilines is 1. The first-order valence-corrected chi connectivity index (χ1v) is 10.3. The molecule has 0 bridgehead atoms. The molecule has 1 aromatic carbocycles. The molecule has 0 radical (unpaired) electrons. The van der Waals surface area contributed by atoms with Gasteiger partial charge in [0.25, 0.3) is 11.8 Å². The minimum Gasteiger partial charge on any atom is -0.354 e. The van der Waals surface area contributed by atoms with E-state index in [1.54, 1.807) is 37.8 Å². The highest BCUT2D eigenvalue weighted by Gasteiger charge is 2.13. The molecule has 3 heterocycles. The molecule has 9 nitrogen and oxygen atoms in total. The van der Waals surface area contributed by atoms with Crippen LogP contribution >= 0.6 is 0 Å². The van der Waals surface area contributed by atoms with Crippen molar-refractivity contribution in [2.24, 2.45) is 0 Å². The summed E-state index contributed by atoms with van der Waals surface area (Å²) in [6.45, 7) is 1.96. The predicted molar refractivity (Wildman–Crippen MR) is 126 cm³/mol. The number of benzene rings is 1. The van der Waals surface area contributed by atoms with Crippen LogP contribution in [0.4, 0.5) is 5.69 Å². The minimum atomic E-state index is -0.468. The fourth-order valence-electron chi connectivity index (χ4n) is 3.35. The molecule has 4 aromatic rings. The molecule has 0 saturated carbocycles. The van der Waals surface area contributed by atoms with Crippen molar-refractivity contribution >= 4 is 17.5 Å². The van der Waals surface area contributed by atoms with Crippen molar-refractivity contribution in [2.75, 3.05) is 12.4 Å². The maximum atomic E-state index is 12.6. The normalized spacial score (nSPS) is 10.3. The number of nitrogens with one attached hydrogen (secondary N) is 2. The summed E-state index contributed by atoms with van der Waals surface area (Å²) in [7, 11) is 1.56. The van der Waals surface area contributed by atoms with Gasteiger partial charge in [0, 0.05) is 42.5 Å². The molecule has 0 aliphatic rings.